The molecular weight excluding hydrogens is 387 g/mol. The Bertz CT molecular complexity index is 631. The van der Waals surface area contributed by atoms with Crippen LogP contribution in [-0.2, 0) is 13.1 Å². The maximum absolute atomic E-state index is 12.2. The molecule has 0 atom stereocenters. The van der Waals surface area contributed by atoms with Crippen LogP contribution in [0.25, 0.3) is 0 Å². The minimum atomic E-state index is -0.135. The average Bonchev–Trinajstić information content (AvgIpc) is 2.47. The van der Waals surface area contributed by atoms with E-state index < -0.39 is 0 Å². The van der Waals surface area contributed by atoms with Crippen molar-refractivity contribution in [3.63, 3.8) is 0 Å². The third-order valence-electron chi connectivity index (χ3n) is 2.95. The normalized spacial score (nSPS) is 10.3. The molecule has 0 saturated carbocycles. The molecule has 104 valence electrons. The first-order valence-electron chi connectivity index (χ1n) is 6.12. The van der Waals surface area contributed by atoms with E-state index in [9.17, 15) is 4.79 Å². The van der Waals surface area contributed by atoms with Gasteiger partial charge in [-0.15, -0.1) is 0 Å². The lowest BCUT2D eigenvalue weighted by atomic mass is 10.1. The number of amides is 1. The van der Waals surface area contributed by atoms with Crippen molar-refractivity contribution in [2.24, 2.45) is 5.73 Å². The number of carbonyl (C=O) groups excluding carboxylic acids is 1. The number of benzene rings is 2. The molecule has 0 radical (unpaired) electrons. The summed E-state index contributed by atoms with van der Waals surface area (Å²) in [6.07, 6.45) is 0. The zero-order valence-electron chi connectivity index (χ0n) is 10.7. The maximum Gasteiger partial charge on any atom is 0.252 e. The highest BCUT2D eigenvalue weighted by atomic mass is 127. The third kappa shape index (κ3) is 3.71. The van der Waals surface area contributed by atoms with Crippen LogP contribution in [0.15, 0.2) is 42.5 Å². The van der Waals surface area contributed by atoms with Crippen molar-refractivity contribution in [2.45, 2.75) is 13.1 Å². The number of nitrogens with one attached hydrogen (secondary N) is 1. The molecular formula is C15H14ClIN2O. The van der Waals surface area contributed by atoms with Crippen LogP contribution in [0, 0.1) is 3.57 Å². The Kier molecular flexibility index (Phi) is 5.39. The Balaban J connectivity index is 2.11. The van der Waals surface area contributed by atoms with Gasteiger partial charge in [-0.05, 0) is 51.9 Å². The fourth-order valence-corrected chi connectivity index (χ4v) is 2.62. The SMILES string of the molecule is NCc1ccccc1CNC(=O)c1cc(Cl)ccc1I. The van der Waals surface area contributed by atoms with Gasteiger partial charge in [0.15, 0.2) is 0 Å². The molecule has 0 spiro atoms. The Morgan fingerprint density at radius 2 is 1.90 bits per heavy atom. The van der Waals surface area contributed by atoms with Crippen molar-refractivity contribution in [2.75, 3.05) is 0 Å². The zero-order valence-corrected chi connectivity index (χ0v) is 13.6. The lowest BCUT2D eigenvalue weighted by Crippen LogP contribution is -2.24. The van der Waals surface area contributed by atoms with Gasteiger partial charge in [-0.25, -0.2) is 0 Å². The minimum Gasteiger partial charge on any atom is -0.348 e. The smallest absolute Gasteiger partial charge is 0.252 e. The topological polar surface area (TPSA) is 55.1 Å². The van der Waals surface area contributed by atoms with Crippen molar-refractivity contribution in [1.29, 1.82) is 0 Å². The van der Waals surface area contributed by atoms with Crippen molar-refractivity contribution in [3.05, 3.63) is 67.7 Å². The molecule has 0 aliphatic rings. The molecule has 1 amide bonds. The Hall–Kier alpha value is -1.11. The van der Waals surface area contributed by atoms with Crippen LogP contribution in [0.3, 0.4) is 0 Å². The summed E-state index contributed by atoms with van der Waals surface area (Å²) < 4.78 is 0.872. The molecule has 0 saturated heterocycles. The Morgan fingerprint density at radius 3 is 2.60 bits per heavy atom. The number of hydrogen-bond donors (Lipinski definition) is 2. The van der Waals surface area contributed by atoms with E-state index in [1.165, 1.54) is 0 Å². The number of nitrogens with two attached hydrogens (primary N) is 1. The lowest BCUT2D eigenvalue weighted by Gasteiger charge is -2.10. The minimum absolute atomic E-state index is 0.135. The van der Waals surface area contributed by atoms with Gasteiger partial charge in [-0.1, -0.05) is 35.9 Å². The van der Waals surface area contributed by atoms with Crippen LogP contribution in [0.5, 0.6) is 0 Å². The predicted octanol–water partition coefficient (Wildman–Crippen LogP) is 3.33. The number of hydrogen-bond acceptors (Lipinski definition) is 2. The van der Waals surface area contributed by atoms with Crippen molar-refractivity contribution >= 4 is 40.1 Å². The molecule has 0 heterocycles. The molecule has 0 aliphatic heterocycles. The number of halogens is 2. The Morgan fingerprint density at radius 1 is 1.20 bits per heavy atom. The molecule has 0 bridgehead atoms. The molecule has 0 fully saturated rings. The van der Waals surface area contributed by atoms with E-state index in [0.29, 0.717) is 23.7 Å². The standard InChI is InChI=1S/C15H14ClIN2O/c16-12-5-6-14(17)13(7-12)15(20)19-9-11-4-2-1-3-10(11)8-18/h1-7H,8-9,18H2,(H,19,20). The van der Waals surface area contributed by atoms with Gasteiger partial charge >= 0.3 is 0 Å². The van der Waals surface area contributed by atoms with E-state index in [1.54, 1.807) is 12.1 Å². The Labute approximate surface area is 136 Å². The number of carbonyl (C=O) groups is 1. The largest absolute Gasteiger partial charge is 0.348 e. The van der Waals surface area contributed by atoms with Crippen molar-refractivity contribution < 1.29 is 4.79 Å². The quantitative estimate of drug-likeness (QED) is 0.774. The van der Waals surface area contributed by atoms with Gasteiger partial charge in [0.2, 0.25) is 0 Å². The summed E-state index contributed by atoms with van der Waals surface area (Å²) in [5, 5.41) is 3.45. The molecule has 2 aromatic rings. The second kappa shape index (κ2) is 7.06. The average molecular weight is 401 g/mol. The van der Waals surface area contributed by atoms with Crippen LogP contribution in [-0.4, -0.2) is 5.91 Å². The van der Waals surface area contributed by atoms with E-state index in [4.69, 9.17) is 17.3 Å². The second-order valence-electron chi connectivity index (χ2n) is 4.28. The van der Waals surface area contributed by atoms with Crippen LogP contribution in [0.2, 0.25) is 5.02 Å². The molecule has 2 aromatic carbocycles. The summed E-state index contributed by atoms with van der Waals surface area (Å²) >= 11 is 8.05. The van der Waals surface area contributed by atoms with Crippen molar-refractivity contribution in [1.82, 2.24) is 5.32 Å². The first-order chi connectivity index (χ1) is 9.61. The summed E-state index contributed by atoms with van der Waals surface area (Å²) in [7, 11) is 0. The second-order valence-corrected chi connectivity index (χ2v) is 5.88. The highest BCUT2D eigenvalue weighted by molar-refractivity contribution is 14.1. The first-order valence-corrected chi connectivity index (χ1v) is 7.57. The molecule has 20 heavy (non-hydrogen) atoms. The van der Waals surface area contributed by atoms with E-state index >= 15 is 0 Å². The summed E-state index contributed by atoms with van der Waals surface area (Å²) in [4.78, 5) is 12.2. The van der Waals surface area contributed by atoms with Gasteiger partial charge < -0.3 is 11.1 Å². The number of rotatable bonds is 4. The van der Waals surface area contributed by atoms with E-state index in [2.05, 4.69) is 27.9 Å². The molecule has 0 aromatic heterocycles. The first kappa shape index (κ1) is 15.3. The third-order valence-corrected chi connectivity index (χ3v) is 4.13. The molecule has 0 unspecified atom stereocenters. The molecule has 2 rings (SSSR count). The van der Waals surface area contributed by atoms with Gasteiger partial charge in [0, 0.05) is 21.7 Å². The van der Waals surface area contributed by atoms with Crippen LogP contribution < -0.4 is 11.1 Å². The molecule has 3 nitrogen and oxygen atoms in total. The lowest BCUT2D eigenvalue weighted by molar-refractivity contribution is 0.0950. The summed E-state index contributed by atoms with van der Waals surface area (Å²) in [6, 6.07) is 13.1. The molecule has 0 aliphatic carbocycles. The van der Waals surface area contributed by atoms with Gasteiger partial charge in [-0.3, -0.25) is 4.79 Å². The van der Waals surface area contributed by atoms with E-state index in [1.807, 2.05) is 30.3 Å². The monoisotopic (exact) mass is 400 g/mol. The van der Waals surface area contributed by atoms with Gasteiger partial charge in [0.05, 0.1) is 5.56 Å². The van der Waals surface area contributed by atoms with Gasteiger partial charge in [-0.2, -0.15) is 0 Å². The zero-order chi connectivity index (χ0) is 14.5. The van der Waals surface area contributed by atoms with Crippen LogP contribution in [0.4, 0.5) is 0 Å². The fraction of sp³-hybridized carbons (Fsp3) is 0.133. The fourth-order valence-electron chi connectivity index (χ4n) is 1.87. The summed E-state index contributed by atoms with van der Waals surface area (Å²) in [6.45, 7) is 0.912. The summed E-state index contributed by atoms with van der Waals surface area (Å²) in [5.41, 5.74) is 8.33. The van der Waals surface area contributed by atoms with E-state index in [-0.39, 0.29) is 5.91 Å². The van der Waals surface area contributed by atoms with Crippen LogP contribution >= 0.6 is 34.2 Å². The molecule has 3 N–H and O–H groups in total. The van der Waals surface area contributed by atoms with Crippen LogP contribution in [0.1, 0.15) is 21.5 Å². The highest BCUT2D eigenvalue weighted by Gasteiger charge is 2.11. The highest BCUT2D eigenvalue weighted by Crippen LogP contribution is 2.18. The predicted molar refractivity (Wildman–Crippen MR) is 89.7 cm³/mol. The van der Waals surface area contributed by atoms with Crippen molar-refractivity contribution in [3.8, 4) is 0 Å². The van der Waals surface area contributed by atoms with Gasteiger partial charge in [0.1, 0.15) is 0 Å². The van der Waals surface area contributed by atoms with Gasteiger partial charge in [0.25, 0.3) is 5.91 Å². The molecule has 5 heteroatoms. The summed E-state index contributed by atoms with van der Waals surface area (Å²) in [5.74, 6) is -0.135. The maximum atomic E-state index is 12.2. The van der Waals surface area contributed by atoms with E-state index in [0.717, 1.165) is 14.7 Å².